The minimum absolute atomic E-state index is 0.335. The van der Waals surface area contributed by atoms with Crippen LogP contribution in [0, 0.1) is 0 Å². The molecule has 1 N–H and O–H groups in total. The van der Waals surface area contributed by atoms with E-state index in [0.29, 0.717) is 18.2 Å². The van der Waals surface area contributed by atoms with E-state index in [1.165, 1.54) is 12.8 Å². The molecular formula is C12H21N3O. The number of ether oxygens (including phenoxy) is 1. The molecule has 1 aliphatic carbocycles. The molecule has 0 aromatic carbocycles. The van der Waals surface area contributed by atoms with Crippen molar-refractivity contribution >= 4 is 5.95 Å². The first kappa shape index (κ1) is 11.5. The van der Waals surface area contributed by atoms with Crippen molar-refractivity contribution in [2.75, 3.05) is 12.4 Å². The Labute approximate surface area is 97.0 Å². The summed E-state index contributed by atoms with van der Waals surface area (Å²) in [6, 6.07) is 0.845. The highest BCUT2D eigenvalue weighted by molar-refractivity contribution is 5.28. The zero-order chi connectivity index (χ0) is 11.5. The van der Waals surface area contributed by atoms with Gasteiger partial charge in [0.1, 0.15) is 0 Å². The molecule has 1 heterocycles. The Kier molecular flexibility index (Phi) is 3.49. The van der Waals surface area contributed by atoms with Gasteiger partial charge in [0.2, 0.25) is 5.95 Å². The van der Waals surface area contributed by atoms with Crippen LogP contribution in [0.3, 0.4) is 0 Å². The predicted molar refractivity (Wildman–Crippen MR) is 64.7 cm³/mol. The summed E-state index contributed by atoms with van der Waals surface area (Å²) in [5.41, 5.74) is 0. The lowest BCUT2D eigenvalue weighted by Crippen LogP contribution is -2.23. The topological polar surface area (TPSA) is 39.1 Å². The van der Waals surface area contributed by atoms with Crippen LogP contribution in [0.2, 0.25) is 0 Å². The first-order valence-electron chi connectivity index (χ1n) is 6.04. The van der Waals surface area contributed by atoms with Gasteiger partial charge in [0.05, 0.1) is 12.1 Å². The Bertz CT molecular complexity index is 335. The van der Waals surface area contributed by atoms with Gasteiger partial charge in [-0.15, -0.1) is 0 Å². The number of aromatic nitrogens is 2. The lowest BCUT2D eigenvalue weighted by Gasteiger charge is -2.22. The standard InChI is InChI=1S/C12H21N3O/c1-9(2)14-12-13-7-8-15(12)10-5-4-6-11(10)16-3/h7-11H,4-6H2,1-3H3,(H,13,14). The molecule has 1 aromatic rings. The van der Waals surface area contributed by atoms with Crippen LogP contribution in [-0.4, -0.2) is 28.8 Å². The second-order valence-electron chi connectivity index (χ2n) is 4.73. The fraction of sp³-hybridized carbons (Fsp3) is 0.750. The quantitative estimate of drug-likeness (QED) is 0.852. The third-order valence-corrected chi connectivity index (χ3v) is 3.16. The minimum Gasteiger partial charge on any atom is -0.379 e. The largest absolute Gasteiger partial charge is 0.379 e. The van der Waals surface area contributed by atoms with Gasteiger partial charge in [0.25, 0.3) is 0 Å². The second kappa shape index (κ2) is 4.87. The van der Waals surface area contributed by atoms with E-state index in [-0.39, 0.29) is 0 Å². The Morgan fingerprint density at radius 3 is 3.00 bits per heavy atom. The van der Waals surface area contributed by atoms with Crippen LogP contribution >= 0.6 is 0 Å². The van der Waals surface area contributed by atoms with E-state index in [1.807, 2.05) is 12.4 Å². The molecule has 4 heteroatoms. The fourth-order valence-electron chi connectivity index (χ4n) is 2.45. The number of hydrogen-bond donors (Lipinski definition) is 1. The SMILES string of the molecule is COC1CCCC1n1ccnc1NC(C)C. The van der Waals surface area contributed by atoms with E-state index in [9.17, 15) is 0 Å². The van der Waals surface area contributed by atoms with Gasteiger partial charge in [0.15, 0.2) is 0 Å². The molecular weight excluding hydrogens is 202 g/mol. The number of nitrogens with one attached hydrogen (secondary N) is 1. The first-order valence-corrected chi connectivity index (χ1v) is 6.04. The van der Waals surface area contributed by atoms with Crippen LogP contribution in [0.4, 0.5) is 5.95 Å². The molecule has 2 unspecified atom stereocenters. The molecule has 4 nitrogen and oxygen atoms in total. The second-order valence-corrected chi connectivity index (χ2v) is 4.73. The molecule has 1 fully saturated rings. The number of anilines is 1. The highest BCUT2D eigenvalue weighted by Gasteiger charge is 2.29. The summed E-state index contributed by atoms with van der Waals surface area (Å²) < 4.78 is 7.75. The van der Waals surface area contributed by atoms with E-state index in [1.54, 1.807) is 7.11 Å². The maximum absolute atomic E-state index is 5.53. The number of imidazole rings is 1. The molecule has 16 heavy (non-hydrogen) atoms. The van der Waals surface area contributed by atoms with Gasteiger partial charge in [-0.1, -0.05) is 0 Å². The van der Waals surface area contributed by atoms with E-state index in [2.05, 4.69) is 28.7 Å². The Morgan fingerprint density at radius 1 is 1.50 bits per heavy atom. The van der Waals surface area contributed by atoms with E-state index in [0.717, 1.165) is 12.4 Å². The maximum atomic E-state index is 5.53. The van der Waals surface area contributed by atoms with Gasteiger partial charge >= 0.3 is 0 Å². The van der Waals surface area contributed by atoms with Crippen LogP contribution in [0.1, 0.15) is 39.2 Å². The van der Waals surface area contributed by atoms with Gasteiger partial charge in [-0.3, -0.25) is 0 Å². The number of nitrogens with zero attached hydrogens (tertiary/aromatic N) is 2. The van der Waals surface area contributed by atoms with Crippen LogP contribution in [0.5, 0.6) is 0 Å². The van der Waals surface area contributed by atoms with E-state index >= 15 is 0 Å². The normalized spacial score (nSPS) is 25.2. The lowest BCUT2D eigenvalue weighted by molar-refractivity contribution is 0.0755. The molecule has 1 aliphatic rings. The molecule has 1 saturated carbocycles. The van der Waals surface area contributed by atoms with Gasteiger partial charge in [-0.05, 0) is 33.1 Å². The molecule has 0 aliphatic heterocycles. The summed E-state index contributed by atoms with van der Waals surface area (Å²) in [6.45, 7) is 4.25. The van der Waals surface area contributed by atoms with Crippen molar-refractivity contribution in [2.24, 2.45) is 0 Å². The van der Waals surface area contributed by atoms with Crippen molar-refractivity contribution in [3.05, 3.63) is 12.4 Å². The molecule has 0 amide bonds. The highest BCUT2D eigenvalue weighted by atomic mass is 16.5. The summed E-state index contributed by atoms with van der Waals surface area (Å²) >= 11 is 0. The Morgan fingerprint density at radius 2 is 2.31 bits per heavy atom. The number of methoxy groups -OCH3 is 1. The zero-order valence-corrected chi connectivity index (χ0v) is 10.3. The zero-order valence-electron chi connectivity index (χ0n) is 10.3. The van der Waals surface area contributed by atoms with Gasteiger partial charge in [-0.2, -0.15) is 0 Å². The van der Waals surface area contributed by atoms with Crippen molar-refractivity contribution in [2.45, 2.75) is 51.3 Å². The summed E-state index contributed by atoms with van der Waals surface area (Å²) in [4.78, 5) is 4.37. The number of hydrogen-bond acceptors (Lipinski definition) is 3. The van der Waals surface area contributed by atoms with Crippen molar-refractivity contribution in [3.8, 4) is 0 Å². The number of rotatable bonds is 4. The van der Waals surface area contributed by atoms with E-state index < -0.39 is 0 Å². The summed E-state index contributed by atoms with van der Waals surface area (Å²) in [7, 11) is 1.80. The lowest BCUT2D eigenvalue weighted by atomic mass is 10.2. The van der Waals surface area contributed by atoms with Gasteiger partial charge in [-0.25, -0.2) is 4.98 Å². The van der Waals surface area contributed by atoms with Gasteiger partial charge in [0, 0.05) is 25.5 Å². The molecule has 0 bridgehead atoms. The van der Waals surface area contributed by atoms with Crippen LogP contribution in [-0.2, 0) is 4.74 Å². The smallest absolute Gasteiger partial charge is 0.203 e. The maximum Gasteiger partial charge on any atom is 0.203 e. The van der Waals surface area contributed by atoms with Crippen molar-refractivity contribution in [3.63, 3.8) is 0 Å². The average molecular weight is 223 g/mol. The average Bonchev–Trinajstić information content (AvgIpc) is 2.83. The van der Waals surface area contributed by atoms with Crippen molar-refractivity contribution in [1.82, 2.24) is 9.55 Å². The van der Waals surface area contributed by atoms with Crippen LogP contribution < -0.4 is 5.32 Å². The van der Waals surface area contributed by atoms with Crippen molar-refractivity contribution in [1.29, 1.82) is 0 Å². The van der Waals surface area contributed by atoms with Crippen LogP contribution in [0.15, 0.2) is 12.4 Å². The van der Waals surface area contributed by atoms with E-state index in [4.69, 9.17) is 4.74 Å². The Hall–Kier alpha value is -1.03. The molecule has 90 valence electrons. The molecule has 2 atom stereocenters. The molecule has 2 rings (SSSR count). The molecule has 0 saturated heterocycles. The highest BCUT2D eigenvalue weighted by Crippen LogP contribution is 2.33. The molecule has 0 radical (unpaired) electrons. The summed E-state index contributed by atoms with van der Waals surface area (Å²) in [5.74, 6) is 0.962. The fourth-order valence-corrected chi connectivity index (χ4v) is 2.45. The minimum atomic E-state index is 0.335. The molecule has 1 aromatic heterocycles. The van der Waals surface area contributed by atoms with Gasteiger partial charge < -0.3 is 14.6 Å². The summed E-state index contributed by atoms with van der Waals surface area (Å²) in [5, 5.41) is 3.37. The third-order valence-electron chi connectivity index (χ3n) is 3.16. The molecule has 0 spiro atoms. The Balaban J connectivity index is 2.16. The monoisotopic (exact) mass is 223 g/mol. The van der Waals surface area contributed by atoms with Crippen molar-refractivity contribution < 1.29 is 4.74 Å². The first-order chi connectivity index (χ1) is 7.72. The summed E-state index contributed by atoms with van der Waals surface area (Å²) in [6.07, 6.45) is 7.81. The third kappa shape index (κ3) is 2.21. The van der Waals surface area contributed by atoms with Crippen LogP contribution in [0.25, 0.3) is 0 Å². The predicted octanol–water partition coefficient (Wildman–Crippen LogP) is 2.44.